The topological polar surface area (TPSA) is 15.3 Å². The van der Waals surface area contributed by atoms with Crippen LogP contribution < -0.4 is 5.32 Å². The minimum Gasteiger partial charge on any atom is -0.312 e. The zero-order chi connectivity index (χ0) is 13.8. The van der Waals surface area contributed by atoms with Gasteiger partial charge in [0.25, 0.3) is 0 Å². The predicted octanol–water partition coefficient (Wildman–Crippen LogP) is 3.51. The average molecular weight is 282 g/mol. The van der Waals surface area contributed by atoms with E-state index in [2.05, 4.69) is 10.2 Å². The standard InChI is InChI=1S/C17H31FN2/c18-15-7-5-6-14(12-15)13-20-11-4-2-9-17(20)16-8-1-3-10-19-16/h14-17,19H,1-13H2. The molecule has 3 fully saturated rings. The van der Waals surface area contributed by atoms with Crippen LogP contribution in [0.3, 0.4) is 0 Å². The summed E-state index contributed by atoms with van der Waals surface area (Å²) < 4.78 is 13.6. The summed E-state index contributed by atoms with van der Waals surface area (Å²) in [6.45, 7) is 3.60. The third-order valence-corrected chi connectivity index (χ3v) is 5.69. The van der Waals surface area contributed by atoms with Crippen molar-refractivity contribution in [2.75, 3.05) is 19.6 Å². The Balaban J connectivity index is 1.56. The van der Waals surface area contributed by atoms with Gasteiger partial charge in [0.15, 0.2) is 0 Å². The van der Waals surface area contributed by atoms with Gasteiger partial charge in [-0.1, -0.05) is 19.3 Å². The summed E-state index contributed by atoms with van der Waals surface area (Å²) in [5.41, 5.74) is 0. The van der Waals surface area contributed by atoms with E-state index in [0.717, 1.165) is 31.8 Å². The second-order valence-electron chi connectivity index (χ2n) is 7.24. The zero-order valence-electron chi connectivity index (χ0n) is 12.8. The van der Waals surface area contributed by atoms with E-state index in [9.17, 15) is 4.39 Å². The van der Waals surface area contributed by atoms with Gasteiger partial charge in [0.1, 0.15) is 6.17 Å². The number of hydrogen-bond acceptors (Lipinski definition) is 2. The van der Waals surface area contributed by atoms with Gasteiger partial charge in [0.05, 0.1) is 0 Å². The Hall–Kier alpha value is -0.150. The van der Waals surface area contributed by atoms with Gasteiger partial charge in [-0.3, -0.25) is 4.90 Å². The molecule has 116 valence electrons. The van der Waals surface area contributed by atoms with Crippen LogP contribution >= 0.6 is 0 Å². The van der Waals surface area contributed by atoms with Gasteiger partial charge in [-0.2, -0.15) is 0 Å². The quantitative estimate of drug-likeness (QED) is 0.852. The van der Waals surface area contributed by atoms with Crippen molar-refractivity contribution < 1.29 is 4.39 Å². The van der Waals surface area contributed by atoms with Crippen molar-refractivity contribution in [1.82, 2.24) is 10.2 Å². The minimum atomic E-state index is -0.523. The van der Waals surface area contributed by atoms with Gasteiger partial charge >= 0.3 is 0 Å². The van der Waals surface area contributed by atoms with Gasteiger partial charge in [-0.15, -0.1) is 0 Å². The predicted molar refractivity (Wildman–Crippen MR) is 81.7 cm³/mol. The Bertz CT molecular complexity index is 291. The monoisotopic (exact) mass is 282 g/mol. The van der Waals surface area contributed by atoms with Crippen LogP contribution in [0.1, 0.15) is 64.2 Å². The fraction of sp³-hybridized carbons (Fsp3) is 1.00. The Kier molecular flexibility index (Phi) is 5.33. The molecule has 2 nitrogen and oxygen atoms in total. The van der Waals surface area contributed by atoms with E-state index in [-0.39, 0.29) is 0 Å². The SMILES string of the molecule is FC1CCCC(CN2CCCCC2C2CCCCN2)C1. The molecule has 0 aromatic heterocycles. The molecule has 4 atom stereocenters. The van der Waals surface area contributed by atoms with Gasteiger partial charge in [0, 0.05) is 18.6 Å². The molecule has 0 aromatic rings. The summed E-state index contributed by atoms with van der Waals surface area (Å²) in [5.74, 6) is 0.614. The van der Waals surface area contributed by atoms with E-state index in [1.54, 1.807) is 0 Å². The van der Waals surface area contributed by atoms with E-state index in [1.807, 2.05) is 0 Å². The van der Waals surface area contributed by atoms with Crippen molar-refractivity contribution in [2.24, 2.45) is 5.92 Å². The van der Waals surface area contributed by atoms with Crippen LogP contribution in [0.2, 0.25) is 0 Å². The van der Waals surface area contributed by atoms with E-state index < -0.39 is 6.17 Å². The first kappa shape index (κ1) is 14.8. The largest absolute Gasteiger partial charge is 0.312 e. The Morgan fingerprint density at radius 1 is 0.950 bits per heavy atom. The third-order valence-electron chi connectivity index (χ3n) is 5.69. The molecular formula is C17H31FN2. The van der Waals surface area contributed by atoms with Crippen LogP contribution in [0.15, 0.2) is 0 Å². The van der Waals surface area contributed by atoms with Crippen molar-refractivity contribution >= 4 is 0 Å². The lowest BCUT2D eigenvalue weighted by atomic mass is 9.85. The Morgan fingerprint density at radius 2 is 1.85 bits per heavy atom. The molecule has 0 bridgehead atoms. The van der Waals surface area contributed by atoms with Crippen LogP contribution in [0.25, 0.3) is 0 Å². The average Bonchev–Trinajstić information content (AvgIpc) is 2.49. The molecule has 4 unspecified atom stereocenters. The van der Waals surface area contributed by atoms with E-state index in [4.69, 9.17) is 0 Å². The molecule has 0 radical (unpaired) electrons. The van der Waals surface area contributed by atoms with Crippen LogP contribution in [0.4, 0.5) is 4.39 Å². The summed E-state index contributed by atoms with van der Waals surface area (Å²) in [6, 6.07) is 1.43. The van der Waals surface area contributed by atoms with Crippen molar-refractivity contribution in [3.8, 4) is 0 Å². The highest BCUT2D eigenvalue weighted by Crippen LogP contribution is 2.30. The van der Waals surface area contributed by atoms with Gasteiger partial charge in [0.2, 0.25) is 0 Å². The van der Waals surface area contributed by atoms with Crippen LogP contribution in [0, 0.1) is 5.92 Å². The maximum Gasteiger partial charge on any atom is 0.100 e. The van der Waals surface area contributed by atoms with E-state index >= 15 is 0 Å². The molecule has 20 heavy (non-hydrogen) atoms. The van der Waals surface area contributed by atoms with Crippen molar-refractivity contribution in [3.05, 3.63) is 0 Å². The summed E-state index contributed by atoms with van der Waals surface area (Å²) >= 11 is 0. The van der Waals surface area contributed by atoms with Gasteiger partial charge in [-0.05, 0) is 64.0 Å². The molecule has 2 aliphatic heterocycles. The molecule has 1 aliphatic carbocycles. The fourth-order valence-corrected chi connectivity index (χ4v) is 4.63. The molecule has 3 aliphatic rings. The first-order valence-electron chi connectivity index (χ1n) is 8.94. The van der Waals surface area contributed by atoms with E-state index in [0.29, 0.717) is 12.0 Å². The highest BCUT2D eigenvalue weighted by atomic mass is 19.1. The number of rotatable bonds is 3. The summed E-state index contributed by atoms with van der Waals surface area (Å²) in [5, 5.41) is 3.75. The number of likely N-dealkylation sites (tertiary alicyclic amines) is 1. The van der Waals surface area contributed by atoms with Crippen molar-refractivity contribution in [2.45, 2.75) is 82.5 Å². The van der Waals surface area contributed by atoms with Crippen molar-refractivity contribution in [3.63, 3.8) is 0 Å². The smallest absolute Gasteiger partial charge is 0.100 e. The maximum absolute atomic E-state index is 13.6. The molecule has 1 saturated carbocycles. The number of halogens is 1. The minimum absolute atomic E-state index is 0.523. The summed E-state index contributed by atoms with van der Waals surface area (Å²) in [4.78, 5) is 2.72. The second kappa shape index (κ2) is 7.22. The lowest BCUT2D eigenvalue weighted by Gasteiger charge is -2.44. The molecule has 0 aromatic carbocycles. The number of hydrogen-bond donors (Lipinski definition) is 1. The lowest BCUT2D eigenvalue weighted by Crippen LogP contribution is -2.54. The number of nitrogens with one attached hydrogen (secondary N) is 1. The highest BCUT2D eigenvalue weighted by molar-refractivity contribution is 4.90. The molecule has 3 heteroatoms. The molecular weight excluding hydrogens is 251 g/mol. The summed E-state index contributed by atoms with van der Waals surface area (Å²) in [6.07, 6.45) is 11.6. The normalized spacial score (nSPS) is 40.6. The molecule has 3 rings (SSSR count). The van der Waals surface area contributed by atoms with Crippen LogP contribution in [-0.4, -0.2) is 42.8 Å². The molecule has 1 N–H and O–H groups in total. The first-order valence-corrected chi connectivity index (χ1v) is 8.94. The number of nitrogens with zero attached hydrogens (tertiary/aromatic N) is 1. The fourth-order valence-electron chi connectivity index (χ4n) is 4.63. The lowest BCUT2D eigenvalue weighted by molar-refractivity contribution is 0.0683. The molecule has 2 saturated heterocycles. The third kappa shape index (κ3) is 3.73. The molecule has 0 amide bonds. The van der Waals surface area contributed by atoms with Crippen LogP contribution in [0.5, 0.6) is 0 Å². The van der Waals surface area contributed by atoms with Gasteiger partial charge in [-0.25, -0.2) is 4.39 Å². The first-order chi connectivity index (χ1) is 9.83. The highest BCUT2D eigenvalue weighted by Gasteiger charge is 2.33. The Morgan fingerprint density at radius 3 is 2.65 bits per heavy atom. The second-order valence-corrected chi connectivity index (χ2v) is 7.24. The molecule has 2 heterocycles. The Labute approximate surface area is 123 Å². The van der Waals surface area contributed by atoms with Crippen LogP contribution in [-0.2, 0) is 0 Å². The molecule has 0 spiro atoms. The zero-order valence-corrected chi connectivity index (χ0v) is 12.8. The summed E-state index contributed by atoms with van der Waals surface area (Å²) in [7, 11) is 0. The maximum atomic E-state index is 13.6. The number of piperidine rings is 2. The van der Waals surface area contributed by atoms with Gasteiger partial charge < -0.3 is 5.32 Å². The van der Waals surface area contributed by atoms with E-state index in [1.165, 1.54) is 58.0 Å². The van der Waals surface area contributed by atoms with Crippen molar-refractivity contribution in [1.29, 1.82) is 0 Å². The number of alkyl halides is 1.